The van der Waals surface area contributed by atoms with Gasteiger partial charge in [0.05, 0.1) is 17.4 Å². The average Bonchev–Trinajstić information content (AvgIpc) is 2.80. The number of hydrogen-bond acceptors (Lipinski definition) is 3. The molecule has 0 unspecified atom stereocenters. The number of ether oxygens (including phenoxy) is 1. The minimum atomic E-state index is -2.95. The molecule has 0 saturated carbocycles. The maximum absolute atomic E-state index is 11.6. The fourth-order valence-electron chi connectivity index (χ4n) is 2.13. The summed E-state index contributed by atoms with van der Waals surface area (Å²) in [7, 11) is -2.95. The van der Waals surface area contributed by atoms with Crippen molar-refractivity contribution in [3.8, 4) is 5.75 Å². The highest BCUT2D eigenvalue weighted by Crippen LogP contribution is 2.27. The molecule has 0 aliphatic heterocycles. The van der Waals surface area contributed by atoms with E-state index in [0.717, 1.165) is 16.7 Å². The van der Waals surface area contributed by atoms with Gasteiger partial charge in [-0.05, 0) is 32.0 Å². The van der Waals surface area contributed by atoms with Gasteiger partial charge in [-0.1, -0.05) is 13.0 Å². The fourth-order valence-corrected chi connectivity index (χ4v) is 2.89. The Kier molecular flexibility index (Phi) is 4.38. The second kappa shape index (κ2) is 5.87. The number of aryl methyl sites for hydroxylation is 1. The highest BCUT2D eigenvalue weighted by atomic mass is 32.2. The molecule has 1 aromatic carbocycles. The predicted molar refractivity (Wildman–Crippen MR) is 82.0 cm³/mol. The summed E-state index contributed by atoms with van der Waals surface area (Å²) in [6, 6.07) is 7.84. The van der Waals surface area contributed by atoms with Crippen molar-refractivity contribution in [3.63, 3.8) is 0 Å². The first-order chi connectivity index (χ1) is 9.43. The van der Waals surface area contributed by atoms with Crippen molar-refractivity contribution < 1.29 is 13.2 Å². The monoisotopic (exact) mass is 295 g/mol. The molecule has 2 aromatic rings. The van der Waals surface area contributed by atoms with Crippen molar-refractivity contribution in [1.82, 2.24) is 4.57 Å². The minimum Gasteiger partial charge on any atom is -0.490 e. The van der Waals surface area contributed by atoms with Crippen LogP contribution in [0.3, 0.4) is 0 Å². The summed E-state index contributed by atoms with van der Waals surface area (Å²) < 4.78 is 31.0. The van der Waals surface area contributed by atoms with Crippen LogP contribution < -0.4 is 4.74 Å². The molecule has 0 aliphatic carbocycles. The zero-order valence-corrected chi connectivity index (χ0v) is 13.0. The Morgan fingerprint density at radius 2 is 2.00 bits per heavy atom. The lowest BCUT2D eigenvalue weighted by atomic mass is 10.2. The van der Waals surface area contributed by atoms with Crippen LogP contribution in [0, 0.1) is 0 Å². The molecule has 110 valence electrons. The van der Waals surface area contributed by atoms with Crippen molar-refractivity contribution in [3.05, 3.63) is 30.5 Å². The molecule has 0 radical (unpaired) electrons. The molecule has 0 N–H and O–H groups in total. The van der Waals surface area contributed by atoms with Crippen LogP contribution in [0.1, 0.15) is 20.8 Å². The summed E-state index contributed by atoms with van der Waals surface area (Å²) in [5, 5.41) is 1.02. The summed E-state index contributed by atoms with van der Waals surface area (Å²) in [5.41, 5.74) is 1.01. The molecule has 0 atom stereocenters. The van der Waals surface area contributed by atoms with Crippen LogP contribution in [0.4, 0.5) is 0 Å². The third-order valence-electron chi connectivity index (χ3n) is 3.22. The fraction of sp³-hybridized carbons (Fsp3) is 0.467. The number of hydrogen-bond donors (Lipinski definition) is 0. The van der Waals surface area contributed by atoms with Crippen LogP contribution in [0.2, 0.25) is 0 Å². The van der Waals surface area contributed by atoms with E-state index in [9.17, 15) is 8.42 Å². The van der Waals surface area contributed by atoms with E-state index in [1.165, 1.54) is 0 Å². The van der Waals surface area contributed by atoms with Crippen LogP contribution in [0.15, 0.2) is 30.5 Å². The van der Waals surface area contributed by atoms with Crippen LogP contribution in [0.5, 0.6) is 5.75 Å². The Morgan fingerprint density at radius 3 is 2.65 bits per heavy atom. The molecule has 5 heteroatoms. The molecule has 1 aromatic heterocycles. The minimum absolute atomic E-state index is 0.115. The summed E-state index contributed by atoms with van der Waals surface area (Å²) in [5.74, 6) is 1.20. The first-order valence-corrected chi connectivity index (χ1v) is 8.70. The Balaban J connectivity index is 2.28. The van der Waals surface area contributed by atoms with Gasteiger partial charge in [0.15, 0.2) is 9.84 Å². The average molecular weight is 295 g/mol. The van der Waals surface area contributed by atoms with Gasteiger partial charge >= 0.3 is 0 Å². The van der Waals surface area contributed by atoms with Gasteiger partial charge in [0.1, 0.15) is 5.75 Å². The lowest BCUT2D eigenvalue weighted by molar-refractivity contribution is 0.245. The zero-order valence-electron chi connectivity index (χ0n) is 12.2. The maximum Gasteiger partial charge on any atom is 0.151 e. The standard InChI is InChI=1S/C15H21NO3S/c1-4-20(17,18)11-10-16-9-8-13-14(16)6-5-7-15(13)19-12(2)3/h5-9,12H,4,10-11H2,1-3H3. The van der Waals surface area contributed by atoms with Crippen LogP contribution >= 0.6 is 0 Å². The second-order valence-electron chi connectivity index (χ2n) is 5.10. The third kappa shape index (κ3) is 3.33. The number of benzene rings is 1. The molecule has 0 saturated heterocycles. The van der Waals surface area contributed by atoms with Gasteiger partial charge in [-0.2, -0.15) is 0 Å². The van der Waals surface area contributed by atoms with E-state index < -0.39 is 9.84 Å². The lowest BCUT2D eigenvalue weighted by Gasteiger charge is -2.11. The van der Waals surface area contributed by atoms with E-state index in [4.69, 9.17) is 4.74 Å². The number of aromatic nitrogens is 1. The number of sulfone groups is 1. The van der Waals surface area contributed by atoms with Crippen molar-refractivity contribution >= 4 is 20.7 Å². The maximum atomic E-state index is 11.6. The summed E-state index contributed by atoms with van der Waals surface area (Å²) in [6.45, 7) is 6.13. The van der Waals surface area contributed by atoms with E-state index in [1.807, 2.05) is 48.9 Å². The zero-order chi connectivity index (χ0) is 14.8. The first kappa shape index (κ1) is 14.9. The SMILES string of the molecule is CCS(=O)(=O)CCn1ccc2c(OC(C)C)cccc21. The number of nitrogens with zero attached hydrogens (tertiary/aromatic N) is 1. The van der Waals surface area contributed by atoms with E-state index in [2.05, 4.69) is 0 Å². The lowest BCUT2D eigenvalue weighted by Crippen LogP contribution is -2.14. The topological polar surface area (TPSA) is 48.3 Å². The molecule has 20 heavy (non-hydrogen) atoms. The summed E-state index contributed by atoms with van der Waals surface area (Å²) in [4.78, 5) is 0. The molecule has 0 amide bonds. The molecular weight excluding hydrogens is 274 g/mol. The second-order valence-corrected chi connectivity index (χ2v) is 7.57. The van der Waals surface area contributed by atoms with Crippen molar-refractivity contribution in [2.75, 3.05) is 11.5 Å². The van der Waals surface area contributed by atoms with Crippen molar-refractivity contribution in [2.24, 2.45) is 0 Å². The number of rotatable bonds is 6. The Bertz CT molecular complexity index is 686. The highest BCUT2D eigenvalue weighted by molar-refractivity contribution is 7.91. The molecule has 0 spiro atoms. The molecule has 4 nitrogen and oxygen atoms in total. The van der Waals surface area contributed by atoms with Gasteiger partial charge in [-0.15, -0.1) is 0 Å². The molecular formula is C15H21NO3S. The van der Waals surface area contributed by atoms with E-state index in [0.29, 0.717) is 6.54 Å². The van der Waals surface area contributed by atoms with Gasteiger partial charge in [0, 0.05) is 23.9 Å². The van der Waals surface area contributed by atoms with Gasteiger partial charge < -0.3 is 9.30 Å². The van der Waals surface area contributed by atoms with Crippen molar-refractivity contribution in [1.29, 1.82) is 0 Å². The third-order valence-corrected chi connectivity index (χ3v) is 4.90. The van der Waals surface area contributed by atoms with Gasteiger partial charge in [-0.3, -0.25) is 0 Å². The first-order valence-electron chi connectivity index (χ1n) is 6.88. The summed E-state index contributed by atoms with van der Waals surface area (Å²) >= 11 is 0. The Morgan fingerprint density at radius 1 is 1.25 bits per heavy atom. The smallest absolute Gasteiger partial charge is 0.151 e. The molecule has 0 fully saturated rings. The Labute approximate surface area is 120 Å². The Hall–Kier alpha value is -1.49. The summed E-state index contributed by atoms with van der Waals surface area (Å²) in [6.07, 6.45) is 2.03. The van der Waals surface area contributed by atoms with Crippen molar-refractivity contribution in [2.45, 2.75) is 33.4 Å². The van der Waals surface area contributed by atoms with Gasteiger partial charge in [0.2, 0.25) is 0 Å². The van der Waals surface area contributed by atoms with Gasteiger partial charge in [0.25, 0.3) is 0 Å². The predicted octanol–water partition coefficient (Wildman–Crippen LogP) is 2.86. The molecule has 1 heterocycles. The quantitative estimate of drug-likeness (QED) is 0.823. The molecule has 2 rings (SSSR count). The van der Waals surface area contributed by atoms with E-state index in [1.54, 1.807) is 6.92 Å². The largest absolute Gasteiger partial charge is 0.490 e. The normalized spacial score (nSPS) is 12.2. The van der Waals surface area contributed by atoms with Gasteiger partial charge in [-0.25, -0.2) is 8.42 Å². The number of fused-ring (bicyclic) bond motifs is 1. The highest BCUT2D eigenvalue weighted by Gasteiger charge is 2.11. The van der Waals surface area contributed by atoms with E-state index in [-0.39, 0.29) is 17.6 Å². The molecule has 0 bridgehead atoms. The van der Waals surface area contributed by atoms with Crippen LogP contribution in [0.25, 0.3) is 10.9 Å². The van der Waals surface area contributed by atoms with Crippen LogP contribution in [-0.2, 0) is 16.4 Å². The van der Waals surface area contributed by atoms with E-state index >= 15 is 0 Å². The molecule has 0 aliphatic rings. The van der Waals surface area contributed by atoms with Crippen LogP contribution in [-0.4, -0.2) is 30.6 Å².